The first kappa shape index (κ1) is 19.6. The van der Waals surface area contributed by atoms with Crippen molar-refractivity contribution < 1.29 is 4.79 Å². The van der Waals surface area contributed by atoms with Gasteiger partial charge in [-0.25, -0.2) is 9.67 Å². The van der Waals surface area contributed by atoms with Crippen LogP contribution in [-0.2, 0) is 13.1 Å². The summed E-state index contributed by atoms with van der Waals surface area (Å²) >= 11 is 6.00. The van der Waals surface area contributed by atoms with Gasteiger partial charge in [0, 0.05) is 17.8 Å². The Kier molecular flexibility index (Phi) is 5.44. The molecular weight excluding hydrogens is 408 g/mol. The number of nitrogens with zero attached hydrogens (tertiary/aromatic N) is 4. The quantitative estimate of drug-likeness (QED) is 0.485. The molecule has 1 aromatic carbocycles. The topological polar surface area (TPSA) is 115 Å². The largest absolute Gasteiger partial charge is 0.350 e. The third-order valence-corrected chi connectivity index (χ3v) is 4.77. The van der Waals surface area contributed by atoms with Gasteiger partial charge in [-0.05, 0) is 29.8 Å². The van der Waals surface area contributed by atoms with E-state index in [1.54, 1.807) is 18.2 Å². The van der Waals surface area contributed by atoms with Crippen LogP contribution in [-0.4, -0.2) is 36.8 Å². The van der Waals surface area contributed by atoms with Crippen molar-refractivity contribution in [3.05, 3.63) is 92.0 Å². The molecule has 0 aliphatic rings. The van der Waals surface area contributed by atoms with E-state index in [0.29, 0.717) is 29.1 Å². The molecule has 10 heteroatoms. The van der Waals surface area contributed by atoms with E-state index in [-0.39, 0.29) is 17.7 Å². The molecule has 0 spiro atoms. The normalized spacial score (nSPS) is 11.0. The van der Waals surface area contributed by atoms with E-state index in [2.05, 4.69) is 20.4 Å². The molecule has 0 aliphatic carbocycles. The minimum absolute atomic E-state index is 0.0323. The zero-order valence-corrected chi connectivity index (χ0v) is 16.5. The van der Waals surface area contributed by atoms with Gasteiger partial charge in [0.15, 0.2) is 5.65 Å². The molecule has 0 fully saturated rings. The third kappa shape index (κ3) is 4.01. The smallest absolute Gasteiger partial charge is 0.264 e. The molecule has 2 N–H and O–H groups in total. The van der Waals surface area contributed by atoms with Gasteiger partial charge in [0.1, 0.15) is 17.3 Å². The molecule has 4 rings (SSSR count). The van der Waals surface area contributed by atoms with Crippen molar-refractivity contribution in [1.82, 2.24) is 29.6 Å². The van der Waals surface area contributed by atoms with E-state index < -0.39 is 11.5 Å². The first-order valence-corrected chi connectivity index (χ1v) is 9.52. The lowest BCUT2D eigenvalue weighted by atomic mass is 10.2. The molecule has 9 nitrogen and oxygen atoms in total. The van der Waals surface area contributed by atoms with Crippen LogP contribution in [0.25, 0.3) is 11.0 Å². The summed E-state index contributed by atoms with van der Waals surface area (Å²) in [7, 11) is 0. The number of aromatic amines is 1. The molecule has 3 aromatic heterocycles. The van der Waals surface area contributed by atoms with Crippen molar-refractivity contribution in [3.63, 3.8) is 0 Å². The molecule has 0 bridgehead atoms. The Hall–Kier alpha value is -3.72. The number of carbonyl (C=O) groups excluding carboxylic acids is 1. The highest BCUT2D eigenvalue weighted by Gasteiger charge is 2.12. The second kappa shape index (κ2) is 8.34. The average molecular weight is 425 g/mol. The number of aromatic nitrogens is 5. The molecule has 0 atom stereocenters. The fourth-order valence-electron chi connectivity index (χ4n) is 3.08. The lowest BCUT2D eigenvalue weighted by Gasteiger charge is -2.07. The maximum atomic E-state index is 12.8. The van der Waals surface area contributed by atoms with Gasteiger partial charge in [0.2, 0.25) is 0 Å². The van der Waals surface area contributed by atoms with E-state index in [0.717, 1.165) is 5.56 Å². The molecule has 0 unspecified atom stereocenters. The van der Waals surface area contributed by atoms with Gasteiger partial charge in [0.05, 0.1) is 19.3 Å². The molecule has 30 heavy (non-hydrogen) atoms. The zero-order chi connectivity index (χ0) is 21.1. The molecule has 4 aromatic rings. The summed E-state index contributed by atoms with van der Waals surface area (Å²) in [6.45, 7) is 0.858. The second-order valence-electron chi connectivity index (χ2n) is 6.58. The number of nitrogens with one attached hydrogen (secondary N) is 2. The Morgan fingerprint density at radius 2 is 2.07 bits per heavy atom. The summed E-state index contributed by atoms with van der Waals surface area (Å²) in [5.41, 5.74) is 0.670. The Balaban J connectivity index is 1.48. The summed E-state index contributed by atoms with van der Waals surface area (Å²) in [6.07, 6.45) is 4.38. The van der Waals surface area contributed by atoms with Crippen LogP contribution in [0.15, 0.2) is 64.7 Å². The fraction of sp³-hybridized carbons (Fsp3) is 0.150. The maximum Gasteiger partial charge on any atom is 0.264 e. The van der Waals surface area contributed by atoms with Crippen LogP contribution in [0.4, 0.5) is 0 Å². The number of rotatable bonds is 6. The molecule has 0 aliphatic heterocycles. The number of hydrogen-bond acceptors (Lipinski definition) is 5. The summed E-state index contributed by atoms with van der Waals surface area (Å²) < 4.78 is 3.03. The Morgan fingerprint density at radius 1 is 1.20 bits per heavy atom. The highest BCUT2D eigenvalue weighted by molar-refractivity contribution is 6.30. The predicted molar refractivity (Wildman–Crippen MR) is 112 cm³/mol. The maximum absolute atomic E-state index is 12.8. The number of halogens is 1. The zero-order valence-electron chi connectivity index (χ0n) is 15.7. The molecule has 1 amide bonds. The van der Waals surface area contributed by atoms with E-state index in [1.165, 1.54) is 34.0 Å². The van der Waals surface area contributed by atoms with Crippen LogP contribution in [0.2, 0.25) is 5.02 Å². The molecular formula is C20H17ClN6O3. The standard InChI is InChI=1S/C20H17ClN6O3/c21-14-4-1-3-13(9-14)11-26-12-24-17-16(20(26)30)10-25-27(17)8-7-23-19(29)15-5-2-6-22-18(15)28/h1-6,9-10,12H,7-8,11H2,(H,22,28)(H,23,29). The van der Waals surface area contributed by atoms with Gasteiger partial charge in [-0.1, -0.05) is 23.7 Å². The number of carbonyl (C=O) groups is 1. The average Bonchev–Trinajstić information content (AvgIpc) is 3.14. The summed E-state index contributed by atoms with van der Waals surface area (Å²) in [5, 5.41) is 7.85. The van der Waals surface area contributed by atoms with Crippen LogP contribution in [0.5, 0.6) is 0 Å². The Bertz CT molecular complexity index is 1340. The summed E-state index contributed by atoms with van der Waals surface area (Å²) in [4.78, 5) is 43.3. The molecule has 3 heterocycles. The van der Waals surface area contributed by atoms with Crippen molar-refractivity contribution in [2.75, 3.05) is 6.54 Å². The lowest BCUT2D eigenvalue weighted by Crippen LogP contribution is -2.31. The van der Waals surface area contributed by atoms with Crippen LogP contribution < -0.4 is 16.4 Å². The summed E-state index contributed by atoms with van der Waals surface area (Å²) in [6, 6.07) is 10.3. The Labute approximate surface area is 175 Å². The van der Waals surface area contributed by atoms with Crippen molar-refractivity contribution in [2.45, 2.75) is 13.1 Å². The van der Waals surface area contributed by atoms with Gasteiger partial charge in [-0.3, -0.25) is 19.0 Å². The second-order valence-corrected chi connectivity index (χ2v) is 7.02. The van der Waals surface area contributed by atoms with E-state index in [4.69, 9.17) is 11.6 Å². The fourth-order valence-corrected chi connectivity index (χ4v) is 3.29. The summed E-state index contributed by atoms with van der Waals surface area (Å²) in [5.74, 6) is -0.481. The highest BCUT2D eigenvalue weighted by atomic mass is 35.5. The van der Waals surface area contributed by atoms with Crippen molar-refractivity contribution in [2.24, 2.45) is 0 Å². The van der Waals surface area contributed by atoms with Crippen molar-refractivity contribution in [3.8, 4) is 0 Å². The van der Waals surface area contributed by atoms with Gasteiger partial charge >= 0.3 is 0 Å². The van der Waals surface area contributed by atoms with Crippen molar-refractivity contribution in [1.29, 1.82) is 0 Å². The van der Waals surface area contributed by atoms with E-state index >= 15 is 0 Å². The van der Waals surface area contributed by atoms with Gasteiger partial charge in [-0.15, -0.1) is 0 Å². The lowest BCUT2D eigenvalue weighted by molar-refractivity contribution is 0.0950. The SMILES string of the molecule is O=C(NCCn1ncc2c(=O)n(Cc3cccc(Cl)c3)cnc21)c1ccc[nH]c1=O. The van der Waals surface area contributed by atoms with Crippen LogP contribution >= 0.6 is 11.6 Å². The van der Waals surface area contributed by atoms with Gasteiger partial charge < -0.3 is 10.3 Å². The third-order valence-electron chi connectivity index (χ3n) is 4.54. The van der Waals surface area contributed by atoms with Crippen LogP contribution in [0.3, 0.4) is 0 Å². The number of amides is 1. The number of hydrogen-bond donors (Lipinski definition) is 2. The van der Waals surface area contributed by atoms with E-state index in [1.807, 2.05) is 12.1 Å². The highest BCUT2D eigenvalue weighted by Crippen LogP contribution is 2.12. The minimum atomic E-state index is -0.481. The van der Waals surface area contributed by atoms with Crippen LogP contribution in [0.1, 0.15) is 15.9 Å². The molecule has 0 radical (unpaired) electrons. The first-order chi connectivity index (χ1) is 14.5. The number of H-pyrrole nitrogens is 1. The first-order valence-electron chi connectivity index (χ1n) is 9.14. The predicted octanol–water partition coefficient (Wildman–Crippen LogP) is 1.41. The molecule has 152 valence electrons. The number of fused-ring (bicyclic) bond motifs is 1. The number of pyridine rings is 1. The van der Waals surface area contributed by atoms with Gasteiger partial charge in [0.25, 0.3) is 17.0 Å². The van der Waals surface area contributed by atoms with Gasteiger partial charge in [-0.2, -0.15) is 5.10 Å². The Morgan fingerprint density at radius 3 is 2.87 bits per heavy atom. The van der Waals surface area contributed by atoms with Crippen molar-refractivity contribution >= 4 is 28.5 Å². The monoisotopic (exact) mass is 424 g/mol. The minimum Gasteiger partial charge on any atom is -0.350 e. The van der Waals surface area contributed by atoms with E-state index in [9.17, 15) is 14.4 Å². The number of benzene rings is 1. The molecule has 0 saturated heterocycles. The van der Waals surface area contributed by atoms with Crippen LogP contribution in [0, 0.1) is 0 Å². The molecule has 0 saturated carbocycles.